The number of amides is 1. The van der Waals surface area contributed by atoms with E-state index in [1.807, 2.05) is 12.3 Å². The summed E-state index contributed by atoms with van der Waals surface area (Å²) in [4.78, 5) is 21.2. The fraction of sp³-hybridized carbons (Fsp3) is 0.684. The van der Waals surface area contributed by atoms with E-state index in [4.69, 9.17) is 0 Å². The third-order valence-electron chi connectivity index (χ3n) is 4.57. The van der Waals surface area contributed by atoms with Crippen LogP contribution in [0.15, 0.2) is 24.5 Å². The van der Waals surface area contributed by atoms with Crippen LogP contribution in [0.25, 0.3) is 0 Å². The normalized spacial score (nSPS) is 17.2. The Morgan fingerprint density at radius 1 is 1.38 bits per heavy atom. The van der Waals surface area contributed by atoms with Crippen LogP contribution in [0.5, 0.6) is 0 Å². The van der Waals surface area contributed by atoms with Gasteiger partial charge in [0.25, 0.3) is 0 Å². The Morgan fingerprint density at radius 3 is 2.67 bits per heavy atom. The zero-order valence-electron chi connectivity index (χ0n) is 15.6. The lowest BCUT2D eigenvalue weighted by Gasteiger charge is -2.33. The summed E-state index contributed by atoms with van der Waals surface area (Å²) >= 11 is 0. The first-order valence-corrected chi connectivity index (χ1v) is 8.89. The number of hydrogen-bond donors (Lipinski definition) is 1. The minimum absolute atomic E-state index is 0.0974. The van der Waals surface area contributed by atoms with Crippen LogP contribution in [0.3, 0.4) is 0 Å². The number of aromatic nitrogens is 1. The van der Waals surface area contributed by atoms with Crippen LogP contribution in [-0.4, -0.2) is 61.0 Å². The SMILES string of the molecule is CN(C)CC(C)(C)CNC(=O)C1CCN(Cc2cccnc2)CC1. The maximum absolute atomic E-state index is 12.4. The molecule has 5 nitrogen and oxygen atoms in total. The van der Waals surface area contributed by atoms with Crippen LogP contribution in [0.2, 0.25) is 0 Å². The monoisotopic (exact) mass is 332 g/mol. The fourth-order valence-corrected chi connectivity index (χ4v) is 3.49. The van der Waals surface area contributed by atoms with Gasteiger partial charge in [0.1, 0.15) is 0 Å². The summed E-state index contributed by atoms with van der Waals surface area (Å²) in [5, 5.41) is 3.17. The number of pyridine rings is 1. The van der Waals surface area contributed by atoms with Gasteiger partial charge in [-0.05, 0) is 57.1 Å². The second-order valence-corrected chi connectivity index (χ2v) is 8.03. The van der Waals surface area contributed by atoms with Gasteiger partial charge in [0.05, 0.1) is 0 Å². The zero-order valence-corrected chi connectivity index (χ0v) is 15.6. The van der Waals surface area contributed by atoms with Crippen molar-refractivity contribution in [3.8, 4) is 0 Å². The fourth-order valence-electron chi connectivity index (χ4n) is 3.49. The molecule has 2 rings (SSSR count). The van der Waals surface area contributed by atoms with E-state index in [0.29, 0.717) is 0 Å². The summed E-state index contributed by atoms with van der Waals surface area (Å²) in [6.45, 7) is 8.99. The first-order valence-electron chi connectivity index (χ1n) is 8.89. The molecule has 5 heteroatoms. The lowest BCUT2D eigenvalue weighted by Crippen LogP contribution is -2.44. The standard InChI is InChI=1S/C19H32N4O/c1-19(2,15-22(3)4)14-21-18(24)17-7-10-23(11-8-17)13-16-6-5-9-20-12-16/h5-6,9,12,17H,7-8,10-11,13-15H2,1-4H3,(H,21,24). The predicted molar refractivity (Wildman–Crippen MR) is 97.6 cm³/mol. The molecular weight excluding hydrogens is 300 g/mol. The molecular formula is C19H32N4O. The second-order valence-electron chi connectivity index (χ2n) is 8.03. The van der Waals surface area contributed by atoms with Gasteiger partial charge in [-0.3, -0.25) is 14.7 Å². The Balaban J connectivity index is 1.72. The van der Waals surface area contributed by atoms with Gasteiger partial charge >= 0.3 is 0 Å². The number of nitrogens with zero attached hydrogens (tertiary/aromatic N) is 3. The molecule has 1 aromatic rings. The van der Waals surface area contributed by atoms with Gasteiger partial charge in [0, 0.05) is 37.9 Å². The van der Waals surface area contributed by atoms with Gasteiger partial charge in [0.15, 0.2) is 0 Å². The molecule has 1 aromatic heterocycles. The molecule has 0 saturated carbocycles. The molecule has 1 N–H and O–H groups in total. The molecule has 1 aliphatic rings. The van der Waals surface area contributed by atoms with Crippen molar-refractivity contribution in [3.63, 3.8) is 0 Å². The van der Waals surface area contributed by atoms with E-state index in [1.165, 1.54) is 5.56 Å². The molecule has 2 heterocycles. The highest BCUT2D eigenvalue weighted by Gasteiger charge is 2.27. The van der Waals surface area contributed by atoms with Gasteiger partial charge < -0.3 is 10.2 Å². The summed E-state index contributed by atoms with van der Waals surface area (Å²) in [6, 6.07) is 4.09. The Hall–Kier alpha value is -1.46. The number of piperidine rings is 1. The smallest absolute Gasteiger partial charge is 0.223 e. The van der Waals surface area contributed by atoms with Crippen molar-refractivity contribution in [3.05, 3.63) is 30.1 Å². The predicted octanol–water partition coefficient (Wildman–Crippen LogP) is 2.00. The van der Waals surface area contributed by atoms with Crippen LogP contribution in [-0.2, 0) is 11.3 Å². The van der Waals surface area contributed by atoms with Crippen molar-refractivity contribution >= 4 is 5.91 Å². The molecule has 1 saturated heterocycles. The number of hydrogen-bond acceptors (Lipinski definition) is 4. The maximum Gasteiger partial charge on any atom is 0.223 e. The topological polar surface area (TPSA) is 48.5 Å². The number of nitrogens with one attached hydrogen (secondary N) is 1. The number of likely N-dealkylation sites (tertiary alicyclic amines) is 1. The van der Waals surface area contributed by atoms with Gasteiger partial charge in [-0.25, -0.2) is 0 Å². The van der Waals surface area contributed by atoms with Crippen molar-refractivity contribution in [1.82, 2.24) is 20.1 Å². The molecule has 1 fully saturated rings. The Labute approximate surface area is 146 Å². The molecule has 0 radical (unpaired) electrons. The van der Waals surface area contributed by atoms with E-state index in [1.54, 1.807) is 6.20 Å². The van der Waals surface area contributed by atoms with Gasteiger partial charge in [-0.1, -0.05) is 19.9 Å². The highest BCUT2D eigenvalue weighted by molar-refractivity contribution is 5.78. The number of carbonyl (C=O) groups is 1. The third-order valence-corrected chi connectivity index (χ3v) is 4.57. The Bertz CT molecular complexity index is 507. The molecule has 0 aromatic carbocycles. The molecule has 24 heavy (non-hydrogen) atoms. The average Bonchev–Trinajstić information content (AvgIpc) is 2.53. The summed E-state index contributed by atoms with van der Waals surface area (Å²) in [7, 11) is 4.14. The number of rotatable bonds is 7. The largest absolute Gasteiger partial charge is 0.355 e. The van der Waals surface area contributed by atoms with Gasteiger partial charge in [-0.15, -0.1) is 0 Å². The lowest BCUT2D eigenvalue weighted by molar-refractivity contribution is -0.127. The lowest BCUT2D eigenvalue weighted by atomic mass is 9.91. The van der Waals surface area contributed by atoms with Crippen molar-refractivity contribution < 1.29 is 4.79 Å². The van der Waals surface area contributed by atoms with Crippen LogP contribution in [0.4, 0.5) is 0 Å². The van der Waals surface area contributed by atoms with E-state index in [0.717, 1.165) is 45.6 Å². The first-order chi connectivity index (χ1) is 11.4. The van der Waals surface area contributed by atoms with Gasteiger partial charge in [0.2, 0.25) is 5.91 Å². The highest BCUT2D eigenvalue weighted by Crippen LogP contribution is 2.20. The van der Waals surface area contributed by atoms with Crippen LogP contribution in [0, 0.1) is 11.3 Å². The molecule has 1 aliphatic heterocycles. The molecule has 0 unspecified atom stereocenters. The quantitative estimate of drug-likeness (QED) is 0.830. The summed E-state index contributed by atoms with van der Waals surface area (Å²) in [6.07, 6.45) is 5.61. The molecule has 134 valence electrons. The molecule has 0 spiro atoms. The van der Waals surface area contributed by atoms with Crippen LogP contribution in [0.1, 0.15) is 32.3 Å². The first kappa shape index (κ1) is 18.9. The van der Waals surface area contributed by atoms with Crippen molar-refractivity contribution in [2.24, 2.45) is 11.3 Å². The Morgan fingerprint density at radius 2 is 2.08 bits per heavy atom. The zero-order chi connectivity index (χ0) is 17.6. The van der Waals surface area contributed by atoms with E-state index < -0.39 is 0 Å². The van der Waals surface area contributed by atoms with E-state index in [-0.39, 0.29) is 17.2 Å². The van der Waals surface area contributed by atoms with Crippen molar-refractivity contribution in [2.75, 3.05) is 40.3 Å². The summed E-state index contributed by atoms with van der Waals surface area (Å²) < 4.78 is 0. The Kier molecular flexibility index (Phi) is 6.75. The van der Waals surface area contributed by atoms with E-state index in [2.05, 4.69) is 54.1 Å². The van der Waals surface area contributed by atoms with Crippen molar-refractivity contribution in [1.29, 1.82) is 0 Å². The van der Waals surface area contributed by atoms with E-state index >= 15 is 0 Å². The molecule has 0 atom stereocenters. The second kappa shape index (κ2) is 8.58. The van der Waals surface area contributed by atoms with E-state index in [9.17, 15) is 4.79 Å². The highest BCUT2D eigenvalue weighted by atomic mass is 16.1. The molecule has 0 bridgehead atoms. The minimum atomic E-state index is 0.0974. The summed E-state index contributed by atoms with van der Waals surface area (Å²) in [5.74, 6) is 0.383. The average molecular weight is 332 g/mol. The molecule has 1 amide bonds. The number of carbonyl (C=O) groups excluding carboxylic acids is 1. The van der Waals surface area contributed by atoms with Crippen molar-refractivity contribution in [2.45, 2.75) is 33.2 Å². The third kappa shape index (κ3) is 6.21. The summed E-state index contributed by atoms with van der Waals surface area (Å²) in [5.41, 5.74) is 1.34. The van der Waals surface area contributed by atoms with Gasteiger partial charge in [-0.2, -0.15) is 0 Å². The van der Waals surface area contributed by atoms with Crippen LogP contribution >= 0.6 is 0 Å². The minimum Gasteiger partial charge on any atom is -0.355 e. The van der Waals surface area contributed by atoms with Crippen LogP contribution < -0.4 is 5.32 Å². The molecule has 0 aliphatic carbocycles. The maximum atomic E-state index is 12.4.